The Labute approximate surface area is 307 Å². The van der Waals surface area contributed by atoms with Crippen LogP contribution in [0, 0.1) is 23.2 Å². The standard InChI is InChI=1S/C39H48N6O6S/c1-5-42-22-17-29(18-23-42)30-19-24-43(25-20-30)38(47)44(6-2)39(31-12-11-21-41-36(31)51-8-4)32-26-28(27-40)15-16-33(32)45(37(39)46)52(48,49)35-14-10-9-13-34(35)50-7-3/h9-16,21,26,29-30H,5-8,17-20,22-25H2,1-4H3. The van der Waals surface area contributed by atoms with Crippen LogP contribution in [0.5, 0.6) is 11.6 Å². The average molecular weight is 729 g/mol. The van der Waals surface area contributed by atoms with Gasteiger partial charge in [-0.1, -0.05) is 19.1 Å². The first-order valence-electron chi connectivity index (χ1n) is 18.4. The molecular formula is C39H48N6O6S. The Morgan fingerprint density at radius 1 is 0.923 bits per heavy atom. The Hall–Kier alpha value is -4.67. The molecule has 3 aliphatic heterocycles. The highest BCUT2D eigenvalue weighted by Crippen LogP contribution is 2.53. The first-order chi connectivity index (χ1) is 25.2. The maximum atomic E-state index is 15.6. The van der Waals surface area contributed by atoms with Crippen LogP contribution in [-0.2, 0) is 20.4 Å². The van der Waals surface area contributed by atoms with E-state index in [-0.39, 0.29) is 58.7 Å². The van der Waals surface area contributed by atoms with Crippen molar-refractivity contribution < 1.29 is 27.5 Å². The van der Waals surface area contributed by atoms with Crippen LogP contribution in [-0.4, -0.2) is 92.5 Å². The summed E-state index contributed by atoms with van der Waals surface area (Å²) in [6.45, 7) is 12.2. The van der Waals surface area contributed by atoms with Gasteiger partial charge in [0.15, 0.2) is 5.54 Å². The summed E-state index contributed by atoms with van der Waals surface area (Å²) in [5.74, 6) is 0.403. The number of nitrogens with zero attached hydrogens (tertiary/aromatic N) is 6. The number of anilines is 1. The van der Waals surface area contributed by atoms with Crippen molar-refractivity contribution in [2.75, 3.05) is 56.8 Å². The molecule has 0 bridgehead atoms. The van der Waals surface area contributed by atoms with Crippen LogP contribution >= 0.6 is 0 Å². The van der Waals surface area contributed by atoms with Gasteiger partial charge in [0.1, 0.15) is 10.6 Å². The van der Waals surface area contributed by atoms with Gasteiger partial charge in [-0.05, 0) is 120 Å². The van der Waals surface area contributed by atoms with Crippen LogP contribution in [0.2, 0.25) is 0 Å². The summed E-state index contributed by atoms with van der Waals surface area (Å²) in [6.07, 6.45) is 5.53. The van der Waals surface area contributed by atoms with Crippen molar-refractivity contribution in [1.29, 1.82) is 5.26 Å². The molecule has 1 atom stereocenters. The van der Waals surface area contributed by atoms with Crippen molar-refractivity contribution in [3.8, 4) is 17.7 Å². The number of hydrogen-bond acceptors (Lipinski definition) is 9. The molecule has 1 aromatic heterocycles. The van der Waals surface area contributed by atoms with E-state index >= 15 is 4.79 Å². The molecule has 0 spiro atoms. The zero-order chi connectivity index (χ0) is 37.0. The molecule has 0 N–H and O–H groups in total. The number of pyridine rings is 1. The lowest BCUT2D eigenvalue weighted by Gasteiger charge is -2.45. The van der Waals surface area contributed by atoms with Gasteiger partial charge in [0.25, 0.3) is 15.9 Å². The fourth-order valence-corrected chi connectivity index (χ4v) is 9.89. The van der Waals surface area contributed by atoms with Gasteiger partial charge in [0.05, 0.1) is 36.1 Å². The number of piperidine rings is 2. The number of para-hydroxylation sites is 1. The normalized spacial score (nSPS) is 20.0. The van der Waals surface area contributed by atoms with Crippen molar-refractivity contribution in [3.05, 3.63) is 77.5 Å². The van der Waals surface area contributed by atoms with Gasteiger partial charge < -0.3 is 24.2 Å². The van der Waals surface area contributed by atoms with E-state index in [1.807, 2.05) is 0 Å². The fraction of sp³-hybridized carbons (Fsp3) is 0.487. The van der Waals surface area contributed by atoms with Crippen LogP contribution in [0.25, 0.3) is 0 Å². The number of rotatable bonds is 11. The molecular weight excluding hydrogens is 681 g/mol. The number of hydrogen-bond donors (Lipinski definition) is 0. The summed E-state index contributed by atoms with van der Waals surface area (Å²) in [6, 6.07) is 15.6. The molecule has 2 fully saturated rings. The number of urea groups is 1. The molecule has 276 valence electrons. The van der Waals surface area contributed by atoms with Crippen molar-refractivity contribution >= 4 is 27.6 Å². The molecule has 13 heteroatoms. The van der Waals surface area contributed by atoms with E-state index in [2.05, 4.69) is 22.9 Å². The van der Waals surface area contributed by atoms with Crippen LogP contribution in [0.4, 0.5) is 10.5 Å². The smallest absolute Gasteiger partial charge is 0.321 e. The SMILES string of the molecule is CCOc1ccccc1S(=O)(=O)N1C(=O)C(c2cccnc2OCC)(N(CC)C(=O)N2CCC(C3CCN(CC)CC3)CC2)c2cc(C#N)ccc21. The Balaban J connectivity index is 1.48. The molecule has 3 aromatic rings. The molecule has 2 saturated heterocycles. The monoisotopic (exact) mass is 728 g/mol. The molecule has 2 aromatic carbocycles. The first-order valence-corrected chi connectivity index (χ1v) is 19.8. The van der Waals surface area contributed by atoms with Crippen molar-refractivity contribution in [1.82, 2.24) is 19.7 Å². The Morgan fingerprint density at radius 3 is 2.23 bits per heavy atom. The Bertz CT molecular complexity index is 1930. The lowest BCUT2D eigenvalue weighted by atomic mass is 9.78. The number of nitriles is 1. The molecule has 0 radical (unpaired) electrons. The lowest BCUT2D eigenvalue weighted by molar-refractivity contribution is -0.125. The maximum Gasteiger partial charge on any atom is 0.321 e. The van der Waals surface area contributed by atoms with E-state index in [0.717, 1.165) is 49.6 Å². The fourth-order valence-electron chi connectivity index (χ4n) is 8.29. The number of carbonyl (C=O) groups excluding carboxylic acids is 2. The molecule has 6 rings (SSSR count). The van der Waals surface area contributed by atoms with E-state index < -0.39 is 27.5 Å². The summed E-state index contributed by atoms with van der Waals surface area (Å²) < 4.78 is 42.1. The van der Waals surface area contributed by atoms with E-state index in [4.69, 9.17) is 9.47 Å². The number of likely N-dealkylation sites (N-methyl/N-ethyl adjacent to an activating group) is 1. The maximum absolute atomic E-state index is 15.6. The number of likely N-dealkylation sites (tertiary alicyclic amines) is 2. The number of fused-ring (bicyclic) bond motifs is 1. The number of aromatic nitrogens is 1. The quantitative estimate of drug-likeness (QED) is 0.247. The summed E-state index contributed by atoms with van der Waals surface area (Å²) in [7, 11) is -4.64. The van der Waals surface area contributed by atoms with E-state index in [1.165, 1.54) is 41.4 Å². The predicted octanol–water partition coefficient (Wildman–Crippen LogP) is 5.62. The third-order valence-electron chi connectivity index (χ3n) is 10.8. The predicted molar refractivity (Wildman–Crippen MR) is 197 cm³/mol. The molecule has 52 heavy (non-hydrogen) atoms. The van der Waals surface area contributed by atoms with Gasteiger partial charge in [-0.25, -0.2) is 18.2 Å². The molecule has 0 aliphatic carbocycles. The molecule has 1 unspecified atom stereocenters. The van der Waals surface area contributed by atoms with Crippen LogP contribution < -0.4 is 13.8 Å². The summed E-state index contributed by atoms with van der Waals surface area (Å²) in [4.78, 5) is 40.5. The van der Waals surface area contributed by atoms with Gasteiger partial charge >= 0.3 is 6.03 Å². The molecule has 3 aliphatic rings. The van der Waals surface area contributed by atoms with Crippen LogP contribution in [0.15, 0.2) is 65.7 Å². The van der Waals surface area contributed by atoms with Crippen molar-refractivity contribution in [3.63, 3.8) is 0 Å². The highest BCUT2D eigenvalue weighted by atomic mass is 32.2. The van der Waals surface area contributed by atoms with Crippen LogP contribution in [0.1, 0.15) is 70.1 Å². The second-order valence-corrected chi connectivity index (χ2v) is 15.2. The Morgan fingerprint density at radius 2 is 1.60 bits per heavy atom. The third kappa shape index (κ3) is 6.36. The second kappa shape index (κ2) is 15.5. The average Bonchev–Trinajstić information content (AvgIpc) is 3.43. The number of ether oxygens (including phenoxy) is 2. The largest absolute Gasteiger partial charge is 0.492 e. The number of benzene rings is 2. The molecule has 12 nitrogen and oxygen atoms in total. The van der Waals surface area contributed by atoms with E-state index in [9.17, 15) is 18.5 Å². The zero-order valence-electron chi connectivity index (χ0n) is 30.5. The number of carbonyl (C=O) groups is 2. The third-order valence-corrected chi connectivity index (χ3v) is 12.6. The van der Waals surface area contributed by atoms with Gasteiger partial charge in [0.2, 0.25) is 5.88 Å². The second-order valence-electron chi connectivity index (χ2n) is 13.4. The summed E-state index contributed by atoms with van der Waals surface area (Å²) in [5, 5.41) is 10.1. The van der Waals surface area contributed by atoms with Gasteiger partial charge in [-0.3, -0.25) is 4.79 Å². The molecule has 3 amide bonds. The first kappa shape index (κ1) is 37.1. The van der Waals surface area contributed by atoms with Gasteiger partial charge in [-0.15, -0.1) is 0 Å². The van der Waals surface area contributed by atoms with Crippen molar-refractivity contribution in [2.24, 2.45) is 11.8 Å². The zero-order valence-corrected chi connectivity index (χ0v) is 31.3. The lowest BCUT2D eigenvalue weighted by Crippen LogP contribution is -2.60. The molecule has 4 heterocycles. The van der Waals surface area contributed by atoms with Gasteiger partial charge in [-0.2, -0.15) is 9.57 Å². The Kier molecular flexibility index (Phi) is 11.1. The highest BCUT2D eigenvalue weighted by Gasteiger charge is 2.62. The topological polar surface area (TPSA) is 136 Å². The number of sulfonamides is 1. The minimum Gasteiger partial charge on any atom is -0.492 e. The number of amides is 3. The minimum atomic E-state index is -4.64. The summed E-state index contributed by atoms with van der Waals surface area (Å²) in [5.41, 5.74) is -1.43. The minimum absolute atomic E-state index is 0.0324. The van der Waals surface area contributed by atoms with Gasteiger partial charge in [0, 0.05) is 31.4 Å². The van der Waals surface area contributed by atoms with E-state index in [1.54, 1.807) is 49.9 Å². The van der Waals surface area contributed by atoms with Crippen molar-refractivity contribution in [2.45, 2.75) is 63.8 Å². The van der Waals surface area contributed by atoms with E-state index in [0.29, 0.717) is 24.9 Å². The highest BCUT2D eigenvalue weighted by molar-refractivity contribution is 7.93. The van der Waals surface area contributed by atoms with Crippen LogP contribution in [0.3, 0.4) is 0 Å². The summed E-state index contributed by atoms with van der Waals surface area (Å²) >= 11 is 0. The molecule has 0 saturated carbocycles.